The van der Waals surface area contributed by atoms with Crippen LogP contribution in [0, 0.1) is 0 Å². The zero-order valence-corrected chi connectivity index (χ0v) is 19.7. The lowest BCUT2D eigenvalue weighted by Crippen LogP contribution is -2.39. The second-order valence-electron chi connectivity index (χ2n) is 9.80. The van der Waals surface area contributed by atoms with E-state index in [4.69, 9.17) is 4.98 Å². The number of imidazole rings is 1. The molecule has 9 heteroatoms. The summed E-state index contributed by atoms with van der Waals surface area (Å²) in [6, 6.07) is 7.70. The lowest BCUT2D eigenvalue weighted by molar-refractivity contribution is 0.0981. The summed E-state index contributed by atoms with van der Waals surface area (Å²) in [5.74, 6) is 2.40. The number of aromatic nitrogens is 7. The molecule has 34 heavy (non-hydrogen) atoms. The number of amides is 1. The van der Waals surface area contributed by atoms with Gasteiger partial charge in [0.2, 0.25) is 0 Å². The molecule has 0 bridgehead atoms. The maximum Gasteiger partial charge on any atom is 0.260 e. The standard InChI is InChI=1S/C25H26N8O/c1-15(2)32-14-28-30-23(32)19-6-5-7-21(29-19)33-24(34)17-10-22(26-11-18(17)25(33,3)4)31-12-20(27-13-31)16-8-9-16/h5-7,10-16H,8-9H2,1-4H3. The Morgan fingerprint density at radius 1 is 1.09 bits per heavy atom. The van der Waals surface area contributed by atoms with Crippen molar-refractivity contribution in [2.45, 2.75) is 58.0 Å². The van der Waals surface area contributed by atoms with E-state index < -0.39 is 5.54 Å². The Bertz CT molecular complexity index is 1410. The summed E-state index contributed by atoms with van der Waals surface area (Å²) in [7, 11) is 0. The molecular formula is C25H26N8O. The van der Waals surface area contributed by atoms with E-state index in [1.54, 1.807) is 23.8 Å². The van der Waals surface area contributed by atoms with E-state index in [0.29, 0.717) is 34.6 Å². The van der Waals surface area contributed by atoms with Gasteiger partial charge in [0, 0.05) is 29.9 Å². The Kier molecular flexibility index (Phi) is 4.45. The van der Waals surface area contributed by atoms with E-state index >= 15 is 0 Å². The van der Waals surface area contributed by atoms with Crippen LogP contribution in [-0.2, 0) is 5.54 Å². The van der Waals surface area contributed by atoms with Crippen molar-refractivity contribution >= 4 is 11.7 Å². The summed E-state index contributed by atoms with van der Waals surface area (Å²) in [6.45, 7) is 8.18. The molecule has 0 aromatic carbocycles. The molecule has 6 rings (SSSR count). The van der Waals surface area contributed by atoms with Gasteiger partial charge in [0.15, 0.2) is 5.82 Å². The van der Waals surface area contributed by atoms with E-state index in [1.807, 2.05) is 53.4 Å². The average Bonchev–Trinajstić information content (AvgIpc) is 3.27. The maximum atomic E-state index is 13.7. The molecular weight excluding hydrogens is 428 g/mol. The molecule has 4 aromatic heterocycles. The normalized spacial score (nSPS) is 17.0. The maximum absolute atomic E-state index is 13.7. The van der Waals surface area contributed by atoms with Crippen molar-refractivity contribution in [1.82, 2.24) is 34.3 Å². The Hall–Kier alpha value is -3.88. The number of pyridine rings is 2. The van der Waals surface area contributed by atoms with Gasteiger partial charge in [-0.25, -0.2) is 15.0 Å². The van der Waals surface area contributed by atoms with E-state index in [0.717, 1.165) is 11.3 Å². The summed E-state index contributed by atoms with van der Waals surface area (Å²) in [6.07, 6.45) is 9.68. The molecule has 172 valence electrons. The first-order valence-corrected chi connectivity index (χ1v) is 11.6. The second kappa shape index (κ2) is 7.31. The van der Waals surface area contributed by atoms with E-state index in [2.05, 4.69) is 34.0 Å². The first kappa shape index (κ1) is 20.7. The van der Waals surface area contributed by atoms with Gasteiger partial charge in [0.05, 0.1) is 16.8 Å². The Balaban J connectivity index is 1.38. The molecule has 1 aliphatic carbocycles. The minimum atomic E-state index is -0.608. The predicted octanol–water partition coefficient (Wildman–Crippen LogP) is 4.27. The van der Waals surface area contributed by atoms with Gasteiger partial charge in [-0.1, -0.05) is 6.07 Å². The zero-order valence-electron chi connectivity index (χ0n) is 19.7. The fraction of sp³-hybridized carbons (Fsp3) is 0.360. The van der Waals surface area contributed by atoms with Gasteiger partial charge in [-0.15, -0.1) is 10.2 Å². The number of carbonyl (C=O) groups is 1. The smallest absolute Gasteiger partial charge is 0.260 e. The van der Waals surface area contributed by atoms with Crippen molar-refractivity contribution in [2.24, 2.45) is 0 Å². The first-order chi connectivity index (χ1) is 16.3. The lowest BCUT2D eigenvalue weighted by atomic mass is 9.95. The summed E-state index contributed by atoms with van der Waals surface area (Å²) >= 11 is 0. The van der Waals surface area contributed by atoms with Crippen molar-refractivity contribution in [2.75, 3.05) is 4.90 Å². The molecule has 1 amide bonds. The van der Waals surface area contributed by atoms with Crippen molar-refractivity contribution in [3.05, 3.63) is 66.1 Å². The van der Waals surface area contributed by atoms with Crippen molar-refractivity contribution < 1.29 is 4.79 Å². The van der Waals surface area contributed by atoms with Crippen LogP contribution in [0.1, 0.15) is 74.1 Å². The molecule has 1 saturated carbocycles. The van der Waals surface area contributed by atoms with E-state index in [-0.39, 0.29) is 11.9 Å². The third-order valence-corrected chi connectivity index (χ3v) is 6.73. The molecule has 1 aliphatic heterocycles. The van der Waals surface area contributed by atoms with Crippen LogP contribution in [0.4, 0.5) is 5.82 Å². The zero-order chi connectivity index (χ0) is 23.6. The number of rotatable bonds is 5. The van der Waals surface area contributed by atoms with Crippen LogP contribution in [0.15, 0.2) is 49.3 Å². The SMILES string of the molecule is CC(C)n1cnnc1-c1cccc(N2C(=O)c3cc(-n4cnc(C5CC5)c4)ncc3C2(C)C)n1. The fourth-order valence-electron chi connectivity index (χ4n) is 4.66. The summed E-state index contributed by atoms with van der Waals surface area (Å²) < 4.78 is 3.86. The number of hydrogen-bond acceptors (Lipinski definition) is 6. The fourth-order valence-corrected chi connectivity index (χ4v) is 4.66. The van der Waals surface area contributed by atoms with Gasteiger partial charge in [0.25, 0.3) is 5.91 Å². The third kappa shape index (κ3) is 3.14. The highest BCUT2D eigenvalue weighted by Crippen LogP contribution is 2.42. The quantitative estimate of drug-likeness (QED) is 0.447. The highest BCUT2D eigenvalue weighted by Gasteiger charge is 2.45. The Labute approximate surface area is 197 Å². The third-order valence-electron chi connectivity index (χ3n) is 6.73. The number of anilines is 1. The lowest BCUT2D eigenvalue weighted by Gasteiger charge is -2.31. The van der Waals surface area contributed by atoms with Crippen LogP contribution in [0.25, 0.3) is 17.3 Å². The molecule has 0 saturated heterocycles. The molecule has 0 unspecified atom stereocenters. The number of carbonyl (C=O) groups excluding carboxylic acids is 1. The van der Waals surface area contributed by atoms with Crippen LogP contribution < -0.4 is 4.90 Å². The summed E-state index contributed by atoms with van der Waals surface area (Å²) in [5.41, 5.74) is 2.66. The first-order valence-electron chi connectivity index (χ1n) is 11.6. The highest BCUT2D eigenvalue weighted by molar-refractivity contribution is 6.11. The molecule has 4 aromatic rings. The minimum Gasteiger partial charge on any atom is -0.310 e. The molecule has 2 aliphatic rings. The van der Waals surface area contributed by atoms with Crippen LogP contribution in [0.3, 0.4) is 0 Å². The number of hydrogen-bond donors (Lipinski definition) is 0. The van der Waals surface area contributed by atoms with Gasteiger partial charge in [-0.2, -0.15) is 0 Å². The highest BCUT2D eigenvalue weighted by atomic mass is 16.2. The van der Waals surface area contributed by atoms with Gasteiger partial charge in [-0.05, 0) is 58.7 Å². The predicted molar refractivity (Wildman–Crippen MR) is 127 cm³/mol. The van der Waals surface area contributed by atoms with Crippen LogP contribution >= 0.6 is 0 Å². The van der Waals surface area contributed by atoms with Crippen molar-refractivity contribution in [3.8, 4) is 17.3 Å². The van der Waals surface area contributed by atoms with Crippen molar-refractivity contribution in [1.29, 1.82) is 0 Å². The molecule has 0 radical (unpaired) electrons. The topological polar surface area (TPSA) is 94.6 Å². The molecule has 5 heterocycles. The Morgan fingerprint density at radius 3 is 2.68 bits per heavy atom. The summed E-state index contributed by atoms with van der Waals surface area (Å²) in [4.78, 5) is 29.4. The molecule has 9 nitrogen and oxygen atoms in total. The average molecular weight is 455 g/mol. The van der Waals surface area contributed by atoms with Gasteiger partial charge < -0.3 is 4.57 Å². The monoisotopic (exact) mass is 454 g/mol. The van der Waals surface area contributed by atoms with Gasteiger partial charge in [-0.3, -0.25) is 14.3 Å². The van der Waals surface area contributed by atoms with E-state index in [9.17, 15) is 4.79 Å². The van der Waals surface area contributed by atoms with Crippen LogP contribution in [0.5, 0.6) is 0 Å². The van der Waals surface area contributed by atoms with Crippen LogP contribution in [-0.4, -0.2) is 40.2 Å². The number of nitrogens with zero attached hydrogens (tertiary/aromatic N) is 8. The molecule has 0 spiro atoms. The molecule has 1 fully saturated rings. The van der Waals surface area contributed by atoms with Crippen molar-refractivity contribution in [3.63, 3.8) is 0 Å². The molecule has 0 N–H and O–H groups in total. The van der Waals surface area contributed by atoms with Gasteiger partial charge >= 0.3 is 0 Å². The summed E-state index contributed by atoms with van der Waals surface area (Å²) in [5, 5.41) is 8.32. The Morgan fingerprint density at radius 2 is 1.91 bits per heavy atom. The van der Waals surface area contributed by atoms with Crippen LogP contribution in [0.2, 0.25) is 0 Å². The van der Waals surface area contributed by atoms with Gasteiger partial charge in [0.1, 0.15) is 30.0 Å². The minimum absolute atomic E-state index is 0.0961. The number of fused-ring (bicyclic) bond motifs is 1. The molecule has 0 atom stereocenters. The van der Waals surface area contributed by atoms with E-state index in [1.165, 1.54) is 12.8 Å². The largest absolute Gasteiger partial charge is 0.310 e. The second-order valence-corrected chi connectivity index (χ2v) is 9.80.